The molecule has 1 unspecified atom stereocenters. The van der Waals surface area contributed by atoms with E-state index in [0.717, 1.165) is 6.42 Å². The number of nitrogens with zero attached hydrogens (tertiary/aromatic N) is 1. The van der Waals surface area contributed by atoms with Crippen molar-refractivity contribution in [1.82, 2.24) is 10.2 Å². The molecular formula is C14H24N2O2. The van der Waals surface area contributed by atoms with Crippen molar-refractivity contribution < 1.29 is 9.47 Å². The Kier molecular flexibility index (Phi) is 3.41. The zero-order chi connectivity index (χ0) is 13.4. The Morgan fingerprint density at radius 1 is 1.33 bits per heavy atom. The van der Waals surface area contributed by atoms with E-state index in [4.69, 9.17) is 9.47 Å². The second-order valence-electron chi connectivity index (χ2n) is 6.15. The standard InChI is InChI=1S/C14H24N2O2/c1-6-17-12(18-11-7-8-15-16-11)9-10-13(2,3)14(10,4)5/h7-8,10,12H,6,9H2,1-5H3,(H,15,16). The first-order valence-electron chi connectivity index (χ1n) is 6.67. The largest absolute Gasteiger partial charge is 0.447 e. The van der Waals surface area contributed by atoms with Gasteiger partial charge in [-0.25, -0.2) is 0 Å². The SMILES string of the molecule is CCOC(CC1C(C)(C)C1(C)C)Oc1cc[nH]n1. The van der Waals surface area contributed by atoms with Crippen LogP contribution in [0.1, 0.15) is 41.0 Å². The third-order valence-corrected chi connectivity index (χ3v) is 4.83. The topological polar surface area (TPSA) is 47.1 Å². The van der Waals surface area contributed by atoms with E-state index in [-0.39, 0.29) is 6.29 Å². The van der Waals surface area contributed by atoms with Gasteiger partial charge >= 0.3 is 0 Å². The van der Waals surface area contributed by atoms with Crippen LogP contribution < -0.4 is 4.74 Å². The van der Waals surface area contributed by atoms with E-state index in [9.17, 15) is 0 Å². The highest BCUT2D eigenvalue weighted by Crippen LogP contribution is 2.70. The number of hydrogen-bond donors (Lipinski definition) is 1. The quantitative estimate of drug-likeness (QED) is 0.791. The molecule has 1 aliphatic carbocycles. The average molecular weight is 252 g/mol. The molecule has 4 nitrogen and oxygen atoms in total. The number of nitrogens with one attached hydrogen (secondary N) is 1. The number of H-pyrrole nitrogens is 1. The molecule has 1 aromatic heterocycles. The van der Waals surface area contributed by atoms with Crippen LogP contribution in [0.3, 0.4) is 0 Å². The van der Waals surface area contributed by atoms with Crippen LogP contribution in [0.4, 0.5) is 0 Å². The van der Waals surface area contributed by atoms with Gasteiger partial charge in [0.1, 0.15) is 0 Å². The summed E-state index contributed by atoms with van der Waals surface area (Å²) >= 11 is 0. The first kappa shape index (κ1) is 13.4. The maximum Gasteiger partial charge on any atom is 0.234 e. The molecular weight excluding hydrogens is 228 g/mol. The van der Waals surface area contributed by atoms with Crippen molar-refractivity contribution >= 4 is 0 Å². The molecule has 2 rings (SSSR count). The Morgan fingerprint density at radius 3 is 2.44 bits per heavy atom. The molecule has 0 aromatic carbocycles. The van der Waals surface area contributed by atoms with Crippen LogP contribution in [0.5, 0.6) is 5.88 Å². The minimum Gasteiger partial charge on any atom is -0.447 e. The van der Waals surface area contributed by atoms with Gasteiger partial charge in [-0.3, -0.25) is 5.10 Å². The molecule has 0 saturated heterocycles. The third kappa shape index (κ3) is 2.26. The molecule has 0 bridgehead atoms. The zero-order valence-electron chi connectivity index (χ0n) is 12.0. The molecule has 0 amide bonds. The van der Waals surface area contributed by atoms with Gasteiger partial charge < -0.3 is 9.47 Å². The summed E-state index contributed by atoms with van der Waals surface area (Å²) < 4.78 is 11.4. The smallest absolute Gasteiger partial charge is 0.234 e. The molecule has 102 valence electrons. The number of ether oxygens (including phenoxy) is 2. The van der Waals surface area contributed by atoms with Crippen molar-refractivity contribution in [3.05, 3.63) is 12.3 Å². The molecule has 0 spiro atoms. The Bertz CT molecular complexity index is 371. The van der Waals surface area contributed by atoms with Crippen molar-refractivity contribution in [2.75, 3.05) is 6.61 Å². The fourth-order valence-electron chi connectivity index (χ4n) is 2.90. The van der Waals surface area contributed by atoms with E-state index in [1.54, 1.807) is 6.20 Å². The van der Waals surface area contributed by atoms with Crippen molar-refractivity contribution in [2.24, 2.45) is 16.7 Å². The molecule has 0 radical (unpaired) electrons. The van der Waals surface area contributed by atoms with Crippen LogP contribution in [-0.2, 0) is 4.74 Å². The third-order valence-electron chi connectivity index (χ3n) is 4.83. The maximum absolute atomic E-state index is 5.77. The Hall–Kier alpha value is -1.03. The van der Waals surface area contributed by atoms with Crippen molar-refractivity contribution in [2.45, 2.75) is 47.3 Å². The predicted molar refractivity (Wildman–Crippen MR) is 70.3 cm³/mol. The molecule has 1 fully saturated rings. The first-order valence-corrected chi connectivity index (χ1v) is 6.67. The summed E-state index contributed by atoms with van der Waals surface area (Å²) in [5.74, 6) is 1.23. The van der Waals surface area contributed by atoms with E-state index in [0.29, 0.717) is 29.2 Å². The lowest BCUT2D eigenvalue weighted by atomic mass is 10.0. The highest BCUT2D eigenvalue weighted by atomic mass is 16.7. The molecule has 1 saturated carbocycles. The summed E-state index contributed by atoms with van der Waals surface area (Å²) in [6.45, 7) is 11.9. The monoisotopic (exact) mass is 252 g/mol. The zero-order valence-corrected chi connectivity index (χ0v) is 12.0. The van der Waals surface area contributed by atoms with Gasteiger partial charge in [-0.15, -0.1) is 5.10 Å². The van der Waals surface area contributed by atoms with Crippen LogP contribution in [0, 0.1) is 16.7 Å². The second kappa shape index (κ2) is 4.57. The lowest BCUT2D eigenvalue weighted by molar-refractivity contribution is -0.0874. The van der Waals surface area contributed by atoms with Crippen molar-refractivity contribution in [3.8, 4) is 5.88 Å². The van der Waals surface area contributed by atoms with Crippen molar-refractivity contribution in [3.63, 3.8) is 0 Å². The molecule has 1 aromatic rings. The highest BCUT2D eigenvalue weighted by Gasteiger charge is 2.64. The average Bonchev–Trinajstić information content (AvgIpc) is 2.70. The molecule has 1 atom stereocenters. The summed E-state index contributed by atoms with van der Waals surface area (Å²) in [5, 5.41) is 6.76. The van der Waals surface area contributed by atoms with Crippen LogP contribution in [0.15, 0.2) is 12.3 Å². The molecule has 1 N–H and O–H groups in total. The summed E-state index contributed by atoms with van der Waals surface area (Å²) in [4.78, 5) is 0. The van der Waals surface area contributed by atoms with Gasteiger partial charge in [0.2, 0.25) is 12.2 Å². The van der Waals surface area contributed by atoms with Crippen LogP contribution >= 0.6 is 0 Å². The summed E-state index contributed by atoms with van der Waals surface area (Å²) in [6, 6.07) is 1.81. The second-order valence-corrected chi connectivity index (χ2v) is 6.15. The lowest BCUT2D eigenvalue weighted by Gasteiger charge is -2.18. The van der Waals surface area contributed by atoms with Gasteiger partial charge in [0.15, 0.2) is 0 Å². The molecule has 1 aliphatic rings. The van der Waals surface area contributed by atoms with Gasteiger partial charge in [-0.05, 0) is 23.7 Å². The summed E-state index contributed by atoms with van der Waals surface area (Å²) in [6.07, 6.45) is 2.47. The minimum atomic E-state index is -0.204. The fraction of sp³-hybridized carbons (Fsp3) is 0.786. The Labute approximate surface area is 109 Å². The molecule has 4 heteroatoms. The van der Waals surface area contributed by atoms with Crippen LogP contribution in [0.25, 0.3) is 0 Å². The van der Waals surface area contributed by atoms with Gasteiger partial charge in [0, 0.05) is 25.3 Å². The lowest BCUT2D eigenvalue weighted by Crippen LogP contribution is -2.22. The van der Waals surface area contributed by atoms with Gasteiger partial charge in [-0.1, -0.05) is 27.7 Å². The number of aromatic nitrogens is 2. The van der Waals surface area contributed by atoms with E-state index in [2.05, 4.69) is 37.9 Å². The molecule has 18 heavy (non-hydrogen) atoms. The van der Waals surface area contributed by atoms with Crippen molar-refractivity contribution in [1.29, 1.82) is 0 Å². The summed E-state index contributed by atoms with van der Waals surface area (Å²) in [5.41, 5.74) is 0.717. The summed E-state index contributed by atoms with van der Waals surface area (Å²) in [7, 11) is 0. The molecule has 1 heterocycles. The normalized spacial score (nSPS) is 22.7. The van der Waals surface area contributed by atoms with E-state index in [1.807, 2.05) is 13.0 Å². The molecule has 0 aliphatic heterocycles. The number of aromatic amines is 1. The van der Waals surface area contributed by atoms with Gasteiger partial charge in [-0.2, -0.15) is 0 Å². The van der Waals surface area contributed by atoms with Gasteiger partial charge in [0.25, 0.3) is 0 Å². The Morgan fingerprint density at radius 2 is 2.00 bits per heavy atom. The van der Waals surface area contributed by atoms with E-state index < -0.39 is 0 Å². The maximum atomic E-state index is 5.77. The van der Waals surface area contributed by atoms with Crippen LogP contribution in [0.2, 0.25) is 0 Å². The van der Waals surface area contributed by atoms with Gasteiger partial charge in [0.05, 0.1) is 0 Å². The fourth-order valence-corrected chi connectivity index (χ4v) is 2.90. The van der Waals surface area contributed by atoms with E-state index in [1.165, 1.54) is 0 Å². The first-order chi connectivity index (χ1) is 8.39. The van der Waals surface area contributed by atoms with Crippen LogP contribution in [-0.4, -0.2) is 23.1 Å². The minimum absolute atomic E-state index is 0.204. The highest BCUT2D eigenvalue weighted by molar-refractivity contribution is 5.12. The van der Waals surface area contributed by atoms with E-state index >= 15 is 0 Å². The predicted octanol–water partition coefficient (Wildman–Crippen LogP) is 3.22. The number of hydrogen-bond acceptors (Lipinski definition) is 3. The Balaban J connectivity index is 1.96. The number of rotatable bonds is 6.